The van der Waals surface area contributed by atoms with Gasteiger partial charge in [0.15, 0.2) is 0 Å². The van der Waals surface area contributed by atoms with Gasteiger partial charge in [-0.3, -0.25) is 4.79 Å². The van der Waals surface area contributed by atoms with Gasteiger partial charge in [0.2, 0.25) is 5.91 Å². The summed E-state index contributed by atoms with van der Waals surface area (Å²) in [6.07, 6.45) is 0.700. The number of hydrogen-bond acceptors (Lipinski definition) is 3. The van der Waals surface area contributed by atoms with Gasteiger partial charge in [-0.1, -0.05) is 32.9 Å². The van der Waals surface area contributed by atoms with Crippen molar-refractivity contribution >= 4 is 16.9 Å². The van der Waals surface area contributed by atoms with Gasteiger partial charge in [-0.2, -0.15) is 0 Å². The maximum absolute atomic E-state index is 12.0. The second-order valence-electron chi connectivity index (χ2n) is 6.65. The van der Waals surface area contributed by atoms with E-state index in [1.165, 1.54) is 0 Å². The molecule has 2 aromatic rings. The topological polar surface area (TPSA) is 72.9 Å². The van der Waals surface area contributed by atoms with E-state index in [1.807, 2.05) is 39.0 Å². The van der Waals surface area contributed by atoms with E-state index in [9.17, 15) is 4.79 Å². The quantitative estimate of drug-likeness (QED) is 0.888. The molecule has 3 N–H and O–H groups in total. The van der Waals surface area contributed by atoms with Gasteiger partial charge in [0.05, 0.1) is 17.1 Å². The number of benzene rings is 1. The van der Waals surface area contributed by atoms with E-state index in [4.69, 9.17) is 5.73 Å². The second kappa shape index (κ2) is 6.48. The molecule has 0 bridgehead atoms. The SMILES string of the molecule is CCn1c(CCNC(=O)[C@@H](N)C(C)(C)C)nc2ccccc21. The van der Waals surface area contributed by atoms with E-state index in [2.05, 4.69) is 27.9 Å². The molecule has 1 amide bonds. The number of hydrogen-bond donors (Lipinski definition) is 2. The summed E-state index contributed by atoms with van der Waals surface area (Å²) in [5, 5.41) is 2.92. The van der Waals surface area contributed by atoms with Crippen LogP contribution in [-0.2, 0) is 17.8 Å². The Hall–Kier alpha value is -1.88. The first-order valence-corrected chi connectivity index (χ1v) is 7.82. The third kappa shape index (κ3) is 3.47. The normalized spacial score (nSPS) is 13.3. The zero-order valence-corrected chi connectivity index (χ0v) is 13.9. The molecule has 120 valence electrons. The lowest BCUT2D eigenvalue weighted by Gasteiger charge is -2.25. The number of fused-ring (bicyclic) bond motifs is 1. The third-order valence-corrected chi connectivity index (χ3v) is 3.91. The lowest BCUT2D eigenvalue weighted by Crippen LogP contribution is -2.49. The number of amides is 1. The number of nitrogens with zero attached hydrogens (tertiary/aromatic N) is 2. The van der Waals surface area contributed by atoms with Crippen molar-refractivity contribution in [2.75, 3.05) is 6.54 Å². The summed E-state index contributed by atoms with van der Waals surface area (Å²) in [5.41, 5.74) is 7.86. The Morgan fingerprint density at radius 3 is 2.68 bits per heavy atom. The maximum atomic E-state index is 12.0. The Balaban J connectivity index is 2.02. The molecule has 0 spiro atoms. The van der Waals surface area contributed by atoms with Crippen molar-refractivity contribution in [1.29, 1.82) is 0 Å². The Bertz CT molecular complexity index is 654. The van der Waals surface area contributed by atoms with E-state index in [0.717, 1.165) is 23.4 Å². The molecule has 0 radical (unpaired) electrons. The predicted molar refractivity (Wildman–Crippen MR) is 89.6 cm³/mol. The Morgan fingerprint density at radius 2 is 2.05 bits per heavy atom. The van der Waals surface area contributed by atoms with Crippen LogP contribution < -0.4 is 11.1 Å². The van der Waals surface area contributed by atoms with Gasteiger partial charge in [-0.05, 0) is 24.5 Å². The van der Waals surface area contributed by atoms with Gasteiger partial charge in [0.1, 0.15) is 5.82 Å². The highest BCUT2D eigenvalue weighted by Crippen LogP contribution is 2.18. The number of carbonyl (C=O) groups excluding carboxylic acids is 1. The van der Waals surface area contributed by atoms with E-state index in [-0.39, 0.29) is 11.3 Å². The summed E-state index contributed by atoms with van der Waals surface area (Å²) in [4.78, 5) is 16.7. The van der Waals surface area contributed by atoms with E-state index < -0.39 is 6.04 Å². The molecular formula is C17H26N4O. The molecule has 0 aliphatic rings. The van der Waals surface area contributed by atoms with Gasteiger partial charge in [-0.15, -0.1) is 0 Å². The number of aryl methyl sites for hydroxylation is 1. The molecule has 0 saturated heterocycles. The number of rotatable bonds is 5. The summed E-state index contributed by atoms with van der Waals surface area (Å²) in [5.74, 6) is 0.889. The summed E-state index contributed by atoms with van der Waals surface area (Å²) < 4.78 is 2.19. The van der Waals surface area contributed by atoms with E-state index in [0.29, 0.717) is 13.0 Å². The van der Waals surface area contributed by atoms with Crippen LogP contribution in [0.25, 0.3) is 11.0 Å². The Labute approximate surface area is 131 Å². The lowest BCUT2D eigenvalue weighted by atomic mass is 9.87. The summed E-state index contributed by atoms with van der Waals surface area (Å²) in [6, 6.07) is 7.59. The van der Waals surface area contributed by atoms with Crippen LogP contribution in [0.1, 0.15) is 33.5 Å². The first kappa shape index (κ1) is 16.5. The zero-order chi connectivity index (χ0) is 16.3. The zero-order valence-electron chi connectivity index (χ0n) is 13.9. The largest absolute Gasteiger partial charge is 0.354 e. The minimum absolute atomic E-state index is 0.105. The van der Waals surface area contributed by atoms with E-state index in [1.54, 1.807) is 0 Å². The van der Waals surface area contributed by atoms with Crippen molar-refractivity contribution in [3.8, 4) is 0 Å². The molecule has 1 heterocycles. The maximum Gasteiger partial charge on any atom is 0.237 e. The lowest BCUT2D eigenvalue weighted by molar-refractivity contribution is -0.124. The van der Waals surface area contributed by atoms with Crippen LogP contribution >= 0.6 is 0 Å². The Morgan fingerprint density at radius 1 is 1.36 bits per heavy atom. The van der Waals surface area contributed by atoms with E-state index >= 15 is 0 Å². The molecule has 0 aliphatic heterocycles. The van der Waals surface area contributed by atoms with Crippen molar-refractivity contribution in [2.24, 2.45) is 11.1 Å². The highest BCUT2D eigenvalue weighted by atomic mass is 16.2. The average molecular weight is 302 g/mol. The number of nitrogens with one attached hydrogen (secondary N) is 1. The molecule has 2 rings (SSSR count). The van der Waals surface area contributed by atoms with Gasteiger partial charge >= 0.3 is 0 Å². The molecular weight excluding hydrogens is 276 g/mol. The second-order valence-corrected chi connectivity index (χ2v) is 6.65. The molecule has 0 unspecified atom stereocenters. The highest BCUT2D eigenvalue weighted by molar-refractivity contribution is 5.82. The molecule has 1 aromatic heterocycles. The van der Waals surface area contributed by atoms with Crippen LogP contribution in [-0.4, -0.2) is 28.0 Å². The fraction of sp³-hybridized carbons (Fsp3) is 0.529. The third-order valence-electron chi connectivity index (χ3n) is 3.91. The van der Waals surface area contributed by atoms with Gasteiger partial charge in [0.25, 0.3) is 0 Å². The molecule has 5 heteroatoms. The molecule has 5 nitrogen and oxygen atoms in total. The first-order chi connectivity index (χ1) is 10.3. The monoisotopic (exact) mass is 302 g/mol. The molecule has 1 atom stereocenters. The summed E-state index contributed by atoms with van der Waals surface area (Å²) >= 11 is 0. The minimum Gasteiger partial charge on any atom is -0.354 e. The van der Waals surface area contributed by atoms with Crippen LogP contribution in [0.4, 0.5) is 0 Å². The summed E-state index contributed by atoms with van der Waals surface area (Å²) in [7, 11) is 0. The number of aromatic nitrogens is 2. The van der Waals surface area contributed by atoms with Crippen molar-refractivity contribution in [3.05, 3.63) is 30.1 Å². The fourth-order valence-corrected chi connectivity index (χ4v) is 2.47. The van der Waals surface area contributed by atoms with Crippen LogP contribution in [0, 0.1) is 5.41 Å². The first-order valence-electron chi connectivity index (χ1n) is 7.82. The molecule has 0 fully saturated rings. The highest BCUT2D eigenvalue weighted by Gasteiger charge is 2.27. The summed E-state index contributed by atoms with van der Waals surface area (Å²) in [6.45, 7) is 9.41. The number of carbonyl (C=O) groups is 1. The molecule has 0 saturated carbocycles. The van der Waals surface area contributed by atoms with Crippen LogP contribution in [0.15, 0.2) is 24.3 Å². The average Bonchev–Trinajstić information content (AvgIpc) is 2.82. The number of para-hydroxylation sites is 2. The molecule has 1 aromatic carbocycles. The van der Waals surface area contributed by atoms with Crippen molar-refractivity contribution in [3.63, 3.8) is 0 Å². The van der Waals surface area contributed by atoms with Crippen molar-refractivity contribution in [2.45, 2.75) is 46.7 Å². The fourth-order valence-electron chi connectivity index (χ4n) is 2.47. The van der Waals surface area contributed by atoms with Gasteiger partial charge in [-0.25, -0.2) is 4.98 Å². The standard InChI is InChI=1S/C17H26N4O/c1-5-21-13-9-7-6-8-12(13)20-14(21)10-11-19-16(22)15(18)17(2,3)4/h6-9,15H,5,10-11,18H2,1-4H3,(H,19,22)/t15-/m1/s1. The molecule has 22 heavy (non-hydrogen) atoms. The number of nitrogens with two attached hydrogens (primary N) is 1. The van der Waals surface area contributed by atoms with Crippen molar-refractivity contribution in [1.82, 2.24) is 14.9 Å². The minimum atomic E-state index is -0.502. The van der Waals surface area contributed by atoms with Crippen LogP contribution in [0.5, 0.6) is 0 Å². The smallest absolute Gasteiger partial charge is 0.237 e. The van der Waals surface area contributed by atoms with Crippen molar-refractivity contribution < 1.29 is 4.79 Å². The van der Waals surface area contributed by atoms with Gasteiger partial charge in [0, 0.05) is 19.5 Å². The Kier molecular flexibility index (Phi) is 4.86. The van der Waals surface area contributed by atoms with Crippen LogP contribution in [0.2, 0.25) is 0 Å². The predicted octanol–water partition coefficient (Wildman–Crippen LogP) is 2.09. The molecule has 0 aliphatic carbocycles. The van der Waals surface area contributed by atoms with Crippen LogP contribution in [0.3, 0.4) is 0 Å². The van der Waals surface area contributed by atoms with Gasteiger partial charge < -0.3 is 15.6 Å². The number of imidazole rings is 1.